The van der Waals surface area contributed by atoms with Gasteiger partial charge >= 0.3 is 0 Å². The Bertz CT molecular complexity index is 958. The van der Waals surface area contributed by atoms with Crippen molar-refractivity contribution in [2.45, 2.75) is 26.2 Å². The van der Waals surface area contributed by atoms with Crippen molar-refractivity contribution in [2.24, 2.45) is 9.98 Å². The predicted molar refractivity (Wildman–Crippen MR) is 114 cm³/mol. The summed E-state index contributed by atoms with van der Waals surface area (Å²) >= 11 is 1.45. The molecule has 2 aromatic heterocycles. The van der Waals surface area contributed by atoms with Crippen LogP contribution in [-0.2, 0) is 6.42 Å². The van der Waals surface area contributed by atoms with Crippen molar-refractivity contribution in [3.8, 4) is 10.6 Å². The van der Waals surface area contributed by atoms with Gasteiger partial charge in [-0.05, 0) is 31.9 Å². The third-order valence-electron chi connectivity index (χ3n) is 5.04. The summed E-state index contributed by atoms with van der Waals surface area (Å²) in [6.07, 6.45) is 4.72. The maximum Gasteiger partial charge on any atom is 0.225 e. The number of aromatic nitrogens is 2. The van der Waals surface area contributed by atoms with Gasteiger partial charge in [0.05, 0.1) is 21.8 Å². The molecule has 0 saturated carbocycles. The van der Waals surface area contributed by atoms with Crippen LogP contribution in [-0.4, -0.2) is 53.7 Å². The summed E-state index contributed by atoms with van der Waals surface area (Å²) in [5.41, 5.74) is 2.19. The molecule has 2 aliphatic rings. The molecule has 4 rings (SSSR count). The van der Waals surface area contributed by atoms with Crippen molar-refractivity contribution in [1.82, 2.24) is 14.9 Å². The number of hydrogen-bond acceptors (Lipinski definition) is 5. The molecule has 6 nitrogen and oxygen atoms in total. The lowest BCUT2D eigenvalue weighted by molar-refractivity contribution is 0.554. The fourth-order valence-corrected chi connectivity index (χ4v) is 4.73. The van der Waals surface area contributed by atoms with Gasteiger partial charge in [0.2, 0.25) is 11.9 Å². The number of guanidine groups is 1. The number of halogens is 1. The van der Waals surface area contributed by atoms with E-state index in [1.165, 1.54) is 11.3 Å². The highest BCUT2D eigenvalue weighted by molar-refractivity contribution is 7.16. The average Bonchev–Trinajstić information content (AvgIpc) is 3.37. The molecule has 28 heavy (non-hydrogen) atoms. The third kappa shape index (κ3) is 3.32. The summed E-state index contributed by atoms with van der Waals surface area (Å²) in [6, 6.07) is 3.68. The topological polar surface area (TPSA) is 57.0 Å². The molecule has 4 heterocycles. The van der Waals surface area contributed by atoms with Crippen LogP contribution in [0.25, 0.3) is 16.3 Å². The van der Waals surface area contributed by atoms with Gasteiger partial charge < -0.3 is 9.80 Å². The Labute approximate surface area is 168 Å². The Kier molecular flexibility index (Phi) is 5.21. The molecule has 8 heteroatoms. The number of anilines is 1. The molecule has 0 unspecified atom stereocenters. The Morgan fingerprint density at radius 3 is 2.71 bits per heavy atom. The van der Waals surface area contributed by atoms with Crippen molar-refractivity contribution in [2.75, 3.05) is 31.6 Å². The van der Waals surface area contributed by atoms with Gasteiger partial charge in [-0.25, -0.2) is 15.0 Å². The average molecular weight is 399 g/mol. The summed E-state index contributed by atoms with van der Waals surface area (Å²) in [5, 5.41) is 0.639. The molecule has 0 aliphatic carbocycles. The van der Waals surface area contributed by atoms with Crippen LogP contribution in [0.4, 0.5) is 10.2 Å². The zero-order valence-corrected chi connectivity index (χ0v) is 17.0. The second-order valence-corrected chi connectivity index (χ2v) is 7.76. The number of nitrogens with zero attached hydrogens (tertiary/aromatic N) is 6. The largest absolute Gasteiger partial charge is 0.357 e. The van der Waals surface area contributed by atoms with Crippen molar-refractivity contribution >= 4 is 35.0 Å². The molecule has 1 saturated heterocycles. The first-order valence-electron chi connectivity index (χ1n) is 9.46. The molecule has 0 radical (unpaired) electrons. The second-order valence-electron chi connectivity index (χ2n) is 6.76. The standard InChI is InChI=1S/C20H23FN6S/c1-4-23-20(22-3)27-12-9-15-17(13(27)2)28-19(24-15)14-7-8-16(25-18(14)21)26-10-5-6-11-26/h4,7-8H,2,5-6,9-12H2,1,3H3/b22-20?,23-4-. The quantitative estimate of drug-likeness (QED) is 0.438. The Hall–Kier alpha value is -2.61. The zero-order chi connectivity index (χ0) is 19.7. The first-order chi connectivity index (χ1) is 13.6. The van der Waals surface area contributed by atoms with E-state index in [-0.39, 0.29) is 0 Å². The van der Waals surface area contributed by atoms with Gasteiger partial charge in [0, 0.05) is 39.3 Å². The summed E-state index contributed by atoms with van der Waals surface area (Å²) in [6.45, 7) is 8.65. The minimum Gasteiger partial charge on any atom is -0.357 e. The van der Waals surface area contributed by atoms with Crippen molar-refractivity contribution in [1.29, 1.82) is 0 Å². The number of aliphatic imine (C=N–C) groups is 2. The monoisotopic (exact) mass is 398 g/mol. The van der Waals surface area contributed by atoms with E-state index >= 15 is 0 Å². The first-order valence-corrected chi connectivity index (χ1v) is 10.3. The van der Waals surface area contributed by atoms with Gasteiger partial charge in [0.1, 0.15) is 10.8 Å². The Morgan fingerprint density at radius 2 is 2.04 bits per heavy atom. The minimum absolute atomic E-state index is 0.442. The maximum absolute atomic E-state index is 14.8. The van der Waals surface area contributed by atoms with Crippen molar-refractivity contribution in [3.63, 3.8) is 0 Å². The highest BCUT2D eigenvalue weighted by Crippen LogP contribution is 2.38. The summed E-state index contributed by atoms with van der Waals surface area (Å²) in [7, 11) is 1.71. The number of rotatable bonds is 2. The van der Waals surface area contributed by atoms with Crippen LogP contribution in [0.1, 0.15) is 30.3 Å². The lowest BCUT2D eigenvalue weighted by Crippen LogP contribution is -2.33. The van der Waals surface area contributed by atoms with E-state index in [1.54, 1.807) is 19.3 Å². The van der Waals surface area contributed by atoms with Gasteiger partial charge in [0.25, 0.3) is 0 Å². The normalized spacial score (nSPS) is 17.7. The molecular weight excluding hydrogens is 375 g/mol. The molecule has 0 amide bonds. The molecule has 2 aromatic rings. The van der Waals surface area contributed by atoms with E-state index in [4.69, 9.17) is 0 Å². The van der Waals surface area contributed by atoms with E-state index in [2.05, 4.69) is 31.4 Å². The van der Waals surface area contributed by atoms with Crippen LogP contribution in [0.3, 0.4) is 0 Å². The van der Waals surface area contributed by atoms with Crippen molar-refractivity contribution < 1.29 is 4.39 Å². The van der Waals surface area contributed by atoms with Gasteiger partial charge in [-0.2, -0.15) is 4.39 Å². The van der Waals surface area contributed by atoms with Gasteiger partial charge in [-0.3, -0.25) is 4.99 Å². The van der Waals surface area contributed by atoms with E-state index in [0.717, 1.165) is 48.6 Å². The fourth-order valence-electron chi connectivity index (χ4n) is 3.63. The third-order valence-corrected chi connectivity index (χ3v) is 6.22. The molecule has 0 N–H and O–H groups in total. The number of hydrogen-bond donors (Lipinski definition) is 0. The van der Waals surface area contributed by atoms with Crippen LogP contribution >= 0.6 is 11.3 Å². The molecule has 0 atom stereocenters. The molecular formula is C20H23FN6S. The first kappa shape index (κ1) is 18.7. The molecule has 0 aromatic carbocycles. The van der Waals surface area contributed by atoms with Crippen LogP contribution < -0.4 is 4.90 Å². The minimum atomic E-state index is -0.468. The Balaban J connectivity index is 1.63. The second kappa shape index (κ2) is 7.79. The Morgan fingerprint density at radius 1 is 1.25 bits per heavy atom. The van der Waals surface area contributed by atoms with Gasteiger partial charge in [-0.15, -0.1) is 11.3 Å². The molecule has 1 fully saturated rings. The summed E-state index contributed by atoms with van der Waals surface area (Å²) in [4.78, 5) is 22.5. The van der Waals surface area contributed by atoms with Gasteiger partial charge in [-0.1, -0.05) is 6.58 Å². The van der Waals surface area contributed by atoms with Gasteiger partial charge in [0.15, 0.2) is 0 Å². The highest BCUT2D eigenvalue weighted by atomic mass is 32.1. The van der Waals surface area contributed by atoms with Crippen LogP contribution in [0.15, 0.2) is 28.7 Å². The van der Waals surface area contributed by atoms with Crippen LogP contribution in [0, 0.1) is 5.95 Å². The summed E-state index contributed by atoms with van der Waals surface area (Å²) < 4.78 is 14.8. The highest BCUT2D eigenvalue weighted by Gasteiger charge is 2.27. The van der Waals surface area contributed by atoms with Crippen molar-refractivity contribution in [3.05, 3.63) is 35.2 Å². The molecule has 0 bridgehead atoms. The zero-order valence-electron chi connectivity index (χ0n) is 16.2. The van der Waals surface area contributed by atoms with Crippen LogP contribution in [0.5, 0.6) is 0 Å². The lowest BCUT2D eigenvalue weighted by Gasteiger charge is -2.28. The maximum atomic E-state index is 14.8. The predicted octanol–water partition coefficient (Wildman–Crippen LogP) is 3.85. The van der Waals surface area contributed by atoms with E-state index in [1.807, 2.05) is 17.9 Å². The smallest absolute Gasteiger partial charge is 0.225 e. The number of thiazole rings is 1. The van der Waals surface area contributed by atoms with E-state index < -0.39 is 5.95 Å². The fraction of sp³-hybridized carbons (Fsp3) is 0.400. The van der Waals surface area contributed by atoms with E-state index in [9.17, 15) is 4.39 Å². The summed E-state index contributed by atoms with van der Waals surface area (Å²) in [5.74, 6) is 0.858. The van der Waals surface area contributed by atoms with E-state index in [0.29, 0.717) is 28.9 Å². The lowest BCUT2D eigenvalue weighted by atomic mass is 10.1. The molecule has 2 aliphatic heterocycles. The number of pyridine rings is 1. The molecule has 0 spiro atoms. The van der Waals surface area contributed by atoms with Crippen LogP contribution in [0.2, 0.25) is 0 Å². The molecule has 146 valence electrons. The SMILES string of the molecule is C=C1c2sc(-c3ccc(N4CCCC4)nc3F)nc2CCN1C(=NC)/N=C\C. The number of fused-ring (bicyclic) bond motifs is 1.